The summed E-state index contributed by atoms with van der Waals surface area (Å²) in [5.41, 5.74) is 4.97. The molecular formula is C15H33N5O. The molecule has 1 rings (SSSR count). The lowest BCUT2D eigenvalue weighted by Gasteiger charge is -2.39. The van der Waals surface area contributed by atoms with Gasteiger partial charge in [-0.1, -0.05) is 6.92 Å². The summed E-state index contributed by atoms with van der Waals surface area (Å²) < 4.78 is 0. The standard InChI is InChI=1S/C15H33N5O/c1-5-6-17-15(2,14(16)21)13-20-11-9-19(10-12-20)8-7-18(3)4/h17H,5-13H2,1-4H3,(H2,16,21). The maximum absolute atomic E-state index is 11.8. The van der Waals surface area contributed by atoms with E-state index in [0.29, 0.717) is 6.54 Å². The minimum atomic E-state index is -0.623. The Morgan fingerprint density at radius 1 is 1.24 bits per heavy atom. The fourth-order valence-corrected chi connectivity index (χ4v) is 2.58. The van der Waals surface area contributed by atoms with Crippen LogP contribution in [0.15, 0.2) is 0 Å². The minimum absolute atomic E-state index is 0.258. The van der Waals surface area contributed by atoms with Crippen molar-refractivity contribution < 1.29 is 4.79 Å². The first kappa shape index (κ1) is 18.4. The van der Waals surface area contributed by atoms with Crippen LogP contribution < -0.4 is 11.1 Å². The van der Waals surface area contributed by atoms with Gasteiger partial charge in [0.1, 0.15) is 5.54 Å². The molecule has 0 saturated carbocycles. The van der Waals surface area contributed by atoms with Crippen molar-refractivity contribution in [2.24, 2.45) is 5.73 Å². The molecule has 21 heavy (non-hydrogen) atoms. The number of piperazine rings is 1. The third-order valence-electron chi connectivity index (χ3n) is 4.18. The number of nitrogens with one attached hydrogen (secondary N) is 1. The van der Waals surface area contributed by atoms with Gasteiger partial charge in [0.2, 0.25) is 5.91 Å². The number of likely N-dealkylation sites (N-methyl/N-ethyl adjacent to an activating group) is 1. The second-order valence-corrected chi connectivity index (χ2v) is 6.54. The van der Waals surface area contributed by atoms with E-state index in [0.717, 1.165) is 52.2 Å². The van der Waals surface area contributed by atoms with Crippen LogP contribution in [0, 0.1) is 0 Å². The maximum Gasteiger partial charge on any atom is 0.238 e. The third kappa shape index (κ3) is 6.30. The molecular weight excluding hydrogens is 266 g/mol. The molecule has 0 aromatic heterocycles. The zero-order chi connectivity index (χ0) is 15.9. The summed E-state index contributed by atoms with van der Waals surface area (Å²) in [5, 5.41) is 3.31. The summed E-state index contributed by atoms with van der Waals surface area (Å²) in [6.45, 7) is 11.9. The summed E-state index contributed by atoms with van der Waals surface area (Å²) in [4.78, 5) is 18.8. The molecule has 1 amide bonds. The van der Waals surface area contributed by atoms with E-state index in [1.54, 1.807) is 0 Å². The molecule has 124 valence electrons. The van der Waals surface area contributed by atoms with E-state index >= 15 is 0 Å². The van der Waals surface area contributed by atoms with Gasteiger partial charge in [-0.05, 0) is 34.0 Å². The quantitative estimate of drug-likeness (QED) is 0.596. The Morgan fingerprint density at radius 2 is 1.81 bits per heavy atom. The number of nitrogens with zero attached hydrogens (tertiary/aromatic N) is 3. The summed E-state index contributed by atoms with van der Waals surface area (Å²) in [6, 6.07) is 0. The largest absolute Gasteiger partial charge is 0.368 e. The molecule has 1 fully saturated rings. The molecule has 1 heterocycles. The topological polar surface area (TPSA) is 64.8 Å². The Bertz CT molecular complexity index is 315. The average molecular weight is 299 g/mol. The monoisotopic (exact) mass is 299 g/mol. The zero-order valence-electron chi connectivity index (χ0n) is 14.2. The minimum Gasteiger partial charge on any atom is -0.368 e. The van der Waals surface area contributed by atoms with Crippen LogP contribution in [-0.4, -0.2) is 92.6 Å². The Kier molecular flexibility index (Phi) is 7.59. The highest BCUT2D eigenvalue weighted by Crippen LogP contribution is 2.10. The van der Waals surface area contributed by atoms with Crippen molar-refractivity contribution >= 4 is 5.91 Å². The molecule has 6 nitrogen and oxygen atoms in total. The Labute approximate surface area is 129 Å². The molecule has 0 aromatic rings. The molecule has 0 radical (unpaired) electrons. The van der Waals surface area contributed by atoms with Gasteiger partial charge in [0, 0.05) is 45.8 Å². The van der Waals surface area contributed by atoms with Gasteiger partial charge in [-0.2, -0.15) is 0 Å². The van der Waals surface area contributed by atoms with Crippen LogP contribution in [0.1, 0.15) is 20.3 Å². The first-order chi connectivity index (χ1) is 9.87. The molecule has 1 unspecified atom stereocenters. The summed E-state index contributed by atoms with van der Waals surface area (Å²) >= 11 is 0. The fraction of sp³-hybridized carbons (Fsp3) is 0.933. The predicted molar refractivity (Wildman–Crippen MR) is 87.3 cm³/mol. The van der Waals surface area contributed by atoms with Gasteiger partial charge in [0.25, 0.3) is 0 Å². The molecule has 0 aromatic carbocycles. The number of primary amides is 1. The van der Waals surface area contributed by atoms with E-state index in [1.807, 2.05) is 6.92 Å². The lowest BCUT2D eigenvalue weighted by atomic mass is 10.00. The summed E-state index contributed by atoms with van der Waals surface area (Å²) in [6.07, 6.45) is 1.00. The Hall–Kier alpha value is -0.690. The van der Waals surface area contributed by atoms with E-state index in [9.17, 15) is 4.79 Å². The van der Waals surface area contributed by atoms with Crippen molar-refractivity contribution in [3.8, 4) is 0 Å². The molecule has 0 spiro atoms. The number of rotatable bonds is 9. The smallest absolute Gasteiger partial charge is 0.238 e. The van der Waals surface area contributed by atoms with Crippen molar-refractivity contribution in [1.29, 1.82) is 0 Å². The van der Waals surface area contributed by atoms with Crippen molar-refractivity contribution in [2.45, 2.75) is 25.8 Å². The van der Waals surface area contributed by atoms with Gasteiger partial charge < -0.3 is 16.0 Å². The van der Waals surface area contributed by atoms with Crippen molar-refractivity contribution in [3.63, 3.8) is 0 Å². The SMILES string of the molecule is CCCNC(C)(CN1CCN(CCN(C)C)CC1)C(N)=O. The molecule has 1 aliphatic heterocycles. The second kappa shape index (κ2) is 8.68. The van der Waals surface area contributed by atoms with Gasteiger partial charge in [-0.25, -0.2) is 0 Å². The lowest BCUT2D eigenvalue weighted by molar-refractivity contribution is -0.124. The molecule has 1 saturated heterocycles. The molecule has 1 atom stereocenters. The van der Waals surface area contributed by atoms with Gasteiger partial charge in [0.05, 0.1) is 0 Å². The van der Waals surface area contributed by atoms with Crippen LogP contribution in [0.3, 0.4) is 0 Å². The summed E-state index contributed by atoms with van der Waals surface area (Å²) in [5.74, 6) is -0.258. The molecule has 0 bridgehead atoms. The van der Waals surface area contributed by atoms with Crippen LogP contribution in [0.25, 0.3) is 0 Å². The Balaban J connectivity index is 2.40. The molecule has 0 aliphatic carbocycles. The highest BCUT2D eigenvalue weighted by atomic mass is 16.1. The average Bonchev–Trinajstić information content (AvgIpc) is 2.44. The number of carbonyl (C=O) groups is 1. The highest BCUT2D eigenvalue weighted by molar-refractivity contribution is 5.84. The summed E-state index contributed by atoms with van der Waals surface area (Å²) in [7, 11) is 4.21. The van der Waals surface area contributed by atoms with Gasteiger partial charge in [-0.15, -0.1) is 0 Å². The Morgan fingerprint density at radius 3 is 2.29 bits per heavy atom. The van der Waals surface area contributed by atoms with Gasteiger partial charge in [0.15, 0.2) is 0 Å². The number of nitrogens with two attached hydrogens (primary N) is 1. The number of hydrogen-bond donors (Lipinski definition) is 2. The highest BCUT2D eigenvalue weighted by Gasteiger charge is 2.33. The second-order valence-electron chi connectivity index (χ2n) is 6.54. The first-order valence-corrected chi connectivity index (χ1v) is 8.02. The van der Waals surface area contributed by atoms with E-state index in [2.05, 4.69) is 41.0 Å². The fourth-order valence-electron chi connectivity index (χ4n) is 2.58. The number of hydrogen-bond acceptors (Lipinski definition) is 5. The van der Waals surface area contributed by atoms with E-state index < -0.39 is 5.54 Å². The normalized spacial score (nSPS) is 20.6. The van der Waals surface area contributed by atoms with Crippen LogP contribution in [0.5, 0.6) is 0 Å². The maximum atomic E-state index is 11.8. The van der Waals surface area contributed by atoms with E-state index in [4.69, 9.17) is 5.73 Å². The van der Waals surface area contributed by atoms with Gasteiger partial charge >= 0.3 is 0 Å². The predicted octanol–water partition coefficient (Wildman–Crippen LogP) is -0.591. The molecule has 6 heteroatoms. The van der Waals surface area contributed by atoms with Gasteiger partial charge in [-0.3, -0.25) is 14.6 Å². The van der Waals surface area contributed by atoms with Crippen molar-refractivity contribution in [3.05, 3.63) is 0 Å². The first-order valence-electron chi connectivity index (χ1n) is 8.02. The zero-order valence-corrected chi connectivity index (χ0v) is 14.2. The van der Waals surface area contributed by atoms with Crippen LogP contribution in [0.4, 0.5) is 0 Å². The van der Waals surface area contributed by atoms with Crippen LogP contribution >= 0.6 is 0 Å². The van der Waals surface area contributed by atoms with Crippen LogP contribution in [-0.2, 0) is 4.79 Å². The third-order valence-corrected chi connectivity index (χ3v) is 4.18. The van der Waals surface area contributed by atoms with E-state index in [1.165, 1.54) is 0 Å². The number of amides is 1. The molecule has 1 aliphatic rings. The van der Waals surface area contributed by atoms with E-state index in [-0.39, 0.29) is 5.91 Å². The van der Waals surface area contributed by atoms with Crippen LogP contribution in [0.2, 0.25) is 0 Å². The molecule has 3 N–H and O–H groups in total. The van der Waals surface area contributed by atoms with Crippen molar-refractivity contribution in [2.75, 3.05) is 66.5 Å². The number of carbonyl (C=O) groups excluding carboxylic acids is 1. The lowest BCUT2D eigenvalue weighted by Crippen LogP contribution is -2.62. The van der Waals surface area contributed by atoms with Crippen molar-refractivity contribution in [1.82, 2.24) is 20.0 Å².